The molecule has 1 aromatic carbocycles. The fourth-order valence-electron chi connectivity index (χ4n) is 4.32. The van der Waals surface area contributed by atoms with Gasteiger partial charge in [-0.25, -0.2) is 0 Å². The van der Waals surface area contributed by atoms with Crippen molar-refractivity contribution in [3.63, 3.8) is 0 Å². The predicted molar refractivity (Wildman–Crippen MR) is 118 cm³/mol. The molecule has 0 aromatic heterocycles. The number of allylic oxidation sites excluding steroid dienone is 4. The number of hydrogen-bond acceptors (Lipinski definition) is 2. The van der Waals surface area contributed by atoms with Crippen LogP contribution in [0.1, 0.15) is 57.4 Å². The summed E-state index contributed by atoms with van der Waals surface area (Å²) in [5.41, 5.74) is 2.12. The van der Waals surface area contributed by atoms with E-state index in [9.17, 15) is 9.59 Å². The molecule has 3 nitrogen and oxygen atoms in total. The molecular formula is C24H30BrNO2. The van der Waals surface area contributed by atoms with E-state index in [1.807, 2.05) is 48.2 Å². The van der Waals surface area contributed by atoms with Crippen LogP contribution >= 0.6 is 15.9 Å². The van der Waals surface area contributed by atoms with Gasteiger partial charge in [0.1, 0.15) is 0 Å². The highest BCUT2D eigenvalue weighted by Gasteiger charge is 2.30. The summed E-state index contributed by atoms with van der Waals surface area (Å²) in [5.74, 6) is 0.748. The van der Waals surface area contributed by atoms with Crippen LogP contribution < -0.4 is 0 Å². The Balaban J connectivity index is 1.55. The van der Waals surface area contributed by atoms with Crippen LogP contribution in [0.4, 0.5) is 0 Å². The maximum absolute atomic E-state index is 12.7. The van der Waals surface area contributed by atoms with Crippen molar-refractivity contribution in [2.24, 2.45) is 11.8 Å². The van der Waals surface area contributed by atoms with Gasteiger partial charge in [-0.2, -0.15) is 0 Å². The number of carbonyl (C=O) groups is 2. The molecule has 3 rings (SSSR count). The molecule has 1 amide bonds. The van der Waals surface area contributed by atoms with Gasteiger partial charge in [0, 0.05) is 24.9 Å². The summed E-state index contributed by atoms with van der Waals surface area (Å²) in [7, 11) is 0. The smallest absolute Gasteiger partial charge is 0.225 e. The lowest BCUT2D eigenvalue weighted by molar-refractivity contribution is -0.139. The Bertz CT molecular complexity index is 735. The van der Waals surface area contributed by atoms with Crippen molar-refractivity contribution in [1.82, 2.24) is 4.90 Å². The Labute approximate surface area is 177 Å². The third-order valence-electron chi connectivity index (χ3n) is 6.03. The van der Waals surface area contributed by atoms with Crippen LogP contribution in [-0.4, -0.2) is 29.7 Å². The minimum atomic E-state index is 0.0271. The zero-order valence-corrected chi connectivity index (χ0v) is 18.3. The zero-order valence-electron chi connectivity index (χ0n) is 16.7. The molecule has 2 aliphatic rings. The van der Waals surface area contributed by atoms with E-state index in [2.05, 4.69) is 15.9 Å². The lowest BCUT2D eigenvalue weighted by Crippen LogP contribution is -2.43. The first kappa shape index (κ1) is 21.0. The first-order valence-electron chi connectivity index (χ1n) is 10.5. The van der Waals surface area contributed by atoms with E-state index in [0.29, 0.717) is 5.91 Å². The van der Waals surface area contributed by atoms with Crippen LogP contribution in [0.5, 0.6) is 0 Å². The number of amides is 1. The molecule has 1 saturated heterocycles. The fourth-order valence-corrected chi connectivity index (χ4v) is 4.68. The summed E-state index contributed by atoms with van der Waals surface area (Å²) >= 11 is 3.56. The Morgan fingerprint density at radius 3 is 2.18 bits per heavy atom. The van der Waals surface area contributed by atoms with Crippen LogP contribution in [0.25, 0.3) is 5.57 Å². The van der Waals surface area contributed by atoms with Crippen molar-refractivity contribution in [1.29, 1.82) is 0 Å². The monoisotopic (exact) mass is 443 g/mol. The summed E-state index contributed by atoms with van der Waals surface area (Å²) in [6.45, 7) is 3.43. The Morgan fingerprint density at radius 2 is 1.57 bits per heavy atom. The SMILES string of the molecule is C/C(Br)=C(\C=C\C(=O)C1CCN(C(=O)C2CCCCC2)CC1)c1ccccc1. The van der Waals surface area contributed by atoms with Gasteiger partial charge in [-0.3, -0.25) is 9.59 Å². The molecule has 1 heterocycles. The van der Waals surface area contributed by atoms with E-state index in [1.54, 1.807) is 6.08 Å². The van der Waals surface area contributed by atoms with Crippen LogP contribution in [0.2, 0.25) is 0 Å². The van der Waals surface area contributed by atoms with Crippen molar-refractivity contribution in [2.45, 2.75) is 51.9 Å². The number of hydrogen-bond donors (Lipinski definition) is 0. The van der Waals surface area contributed by atoms with Crippen LogP contribution in [0.15, 0.2) is 47.0 Å². The van der Waals surface area contributed by atoms with Crippen LogP contribution in [0.3, 0.4) is 0 Å². The number of likely N-dealkylation sites (tertiary alicyclic amines) is 1. The number of piperidine rings is 1. The molecule has 1 aliphatic carbocycles. The molecule has 2 fully saturated rings. The predicted octanol–water partition coefficient (Wildman–Crippen LogP) is 5.76. The molecule has 1 aliphatic heterocycles. The van der Waals surface area contributed by atoms with Crippen molar-refractivity contribution in [3.8, 4) is 0 Å². The van der Waals surface area contributed by atoms with E-state index >= 15 is 0 Å². The van der Waals surface area contributed by atoms with Crippen LogP contribution in [-0.2, 0) is 9.59 Å². The summed E-state index contributed by atoms with van der Waals surface area (Å²) in [6.07, 6.45) is 10.9. The maximum atomic E-state index is 12.7. The number of halogens is 1. The normalized spacial score (nSPS) is 20.3. The molecule has 0 spiro atoms. The molecule has 0 N–H and O–H groups in total. The van der Waals surface area contributed by atoms with Gasteiger partial charge in [-0.05, 0) is 54.3 Å². The van der Waals surface area contributed by atoms with Crippen molar-refractivity contribution < 1.29 is 9.59 Å². The highest BCUT2D eigenvalue weighted by molar-refractivity contribution is 9.11. The molecule has 1 saturated carbocycles. The fraction of sp³-hybridized carbons (Fsp3) is 0.500. The molecule has 0 unspecified atom stereocenters. The number of nitrogens with zero attached hydrogens (tertiary/aromatic N) is 1. The average molecular weight is 444 g/mol. The highest BCUT2D eigenvalue weighted by atomic mass is 79.9. The Kier molecular flexibility index (Phi) is 7.66. The van der Waals surface area contributed by atoms with Gasteiger partial charge in [0.25, 0.3) is 0 Å². The average Bonchev–Trinajstić information content (AvgIpc) is 2.74. The zero-order chi connectivity index (χ0) is 19.9. The molecule has 28 heavy (non-hydrogen) atoms. The molecule has 150 valence electrons. The quantitative estimate of drug-likeness (QED) is 0.428. The molecule has 4 heteroatoms. The second-order valence-corrected chi connectivity index (χ2v) is 9.17. The number of ketones is 1. The Hall–Kier alpha value is -1.68. The van der Waals surface area contributed by atoms with E-state index in [-0.39, 0.29) is 17.6 Å². The van der Waals surface area contributed by atoms with E-state index in [0.717, 1.165) is 54.4 Å². The first-order valence-corrected chi connectivity index (χ1v) is 11.3. The lowest BCUT2D eigenvalue weighted by atomic mass is 9.86. The summed E-state index contributed by atoms with van der Waals surface area (Å²) in [6, 6.07) is 10.1. The maximum Gasteiger partial charge on any atom is 0.225 e. The van der Waals surface area contributed by atoms with E-state index in [4.69, 9.17) is 0 Å². The summed E-state index contributed by atoms with van der Waals surface area (Å²) in [4.78, 5) is 27.4. The summed E-state index contributed by atoms with van der Waals surface area (Å²) in [5, 5.41) is 0. The second kappa shape index (κ2) is 10.2. The van der Waals surface area contributed by atoms with Gasteiger partial charge in [0.15, 0.2) is 5.78 Å². The van der Waals surface area contributed by atoms with E-state index in [1.165, 1.54) is 19.3 Å². The van der Waals surface area contributed by atoms with Crippen molar-refractivity contribution >= 4 is 33.2 Å². The minimum absolute atomic E-state index is 0.0271. The molecule has 0 radical (unpaired) electrons. The third-order valence-corrected chi connectivity index (χ3v) is 6.46. The Morgan fingerprint density at radius 1 is 0.929 bits per heavy atom. The molecular weight excluding hydrogens is 414 g/mol. The molecule has 0 bridgehead atoms. The first-order chi connectivity index (χ1) is 13.6. The largest absolute Gasteiger partial charge is 0.342 e. The topological polar surface area (TPSA) is 37.4 Å². The van der Waals surface area contributed by atoms with Crippen molar-refractivity contribution in [3.05, 3.63) is 52.5 Å². The minimum Gasteiger partial charge on any atom is -0.342 e. The van der Waals surface area contributed by atoms with Gasteiger partial charge in [0.2, 0.25) is 5.91 Å². The van der Waals surface area contributed by atoms with E-state index < -0.39 is 0 Å². The van der Waals surface area contributed by atoms with Gasteiger partial charge >= 0.3 is 0 Å². The summed E-state index contributed by atoms with van der Waals surface area (Å²) < 4.78 is 1.01. The highest BCUT2D eigenvalue weighted by Crippen LogP contribution is 2.28. The van der Waals surface area contributed by atoms with Gasteiger partial charge < -0.3 is 4.90 Å². The third kappa shape index (κ3) is 5.44. The van der Waals surface area contributed by atoms with Crippen LogP contribution in [0, 0.1) is 11.8 Å². The van der Waals surface area contributed by atoms with Gasteiger partial charge in [0.05, 0.1) is 0 Å². The van der Waals surface area contributed by atoms with Gasteiger partial charge in [-0.1, -0.05) is 71.6 Å². The standard InChI is InChI=1S/C24H30BrNO2/c1-18(25)22(19-8-4-2-5-9-19)12-13-23(27)20-14-16-26(17-15-20)24(28)21-10-6-3-7-11-21/h2,4-5,8-9,12-13,20-21H,3,6-7,10-11,14-17H2,1H3/b13-12+,22-18-. The van der Waals surface area contributed by atoms with Gasteiger partial charge in [-0.15, -0.1) is 0 Å². The number of rotatable bonds is 5. The lowest BCUT2D eigenvalue weighted by Gasteiger charge is -2.34. The number of carbonyl (C=O) groups excluding carboxylic acids is 2. The molecule has 1 aromatic rings. The van der Waals surface area contributed by atoms with Crippen molar-refractivity contribution in [2.75, 3.05) is 13.1 Å². The molecule has 0 atom stereocenters. The second-order valence-electron chi connectivity index (χ2n) is 7.98. The number of benzene rings is 1.